The molecule has 0 fully saturated rings. The van der Waals surface area contributed by atoms with Gasteiger partial charge in [0.2, 0.25) is 0 Å². The third-order valence-electron chi connectivity index (χ3n) is 4.07. The fraction of sp³-hybridized carbons (Fsp3) is 0.176. The average Bonchev–Trinajstić information content (AvgIpc) is 2.96. The molecule has 0 atom stereocenters. The normalized spacial score (nSPS) is 15.3. The van der Waals surface area contributed by atoms with Crippen LogP contribution in [0, 0.1) is 0 Å². The first-order chi connectivity index (χ1) is 10.2. The first-order valence-corrected chi connectivity index (χ1v) is 7.08. The summed E-state index contributed by atoms with van der Waals surface area (Å²) in [5.41, 5.74) is 5.23. The maximum atomic E-state index is 12.4. The van der Waals surface area contributed by atoms with Crippen molar-refractivity contribution in [1.82, 2.24) is 14.4 Å². The molecule has 0 spiro atoms. The molecule has 0 amide bonds. The largest absolute Gasteiger partial charge is 0.355 e. The molecule has 4 rings (SSSR count). The van der Waals surface area contributed by atoms with Crippen LogP contribution < -0.4 is 5.56 Å². The van der Waals surface area contributed by atoms with Crippen molar-refractivity contribution in [3.05, 3.63) is 64.4 Å². The molecule has 0 bridgehead atoms. The lowest BCUT2D eigenvalue weighted by Crippen LogP contribution is -2.12. The van der Waals surface area contributed by atoms with Crippen molar-refractivity contribution in [2.45, 2.75) is 19.8 Å². The molecule has 1 aliphatic rings. The maximum Gasteiger partial charge on any atom is 0.265 e. The molecule has 0 aromatic carbocycles. The molecule has 21 heavy (non-hydrogen) atoms. The molecule has 104 valence electrons. The number of imidazole rings is 1. The number of aromatic nitrogens is 3. The van der Waals surface area contributed by atoms with Crippen molar-refractivity contribution in [3.8, 4) is 0 Å². The smallest absolute Gasteiger partial charge is 0.265 e. The van der Waals surface area contributed by atoms with Gasteiger partial charge in [0, 0.05) is 24.2 Å². The first kappa shape index (κ1) is 12.1. The topological polar surface area (TPSA) is 50.2 Å². The van der Waals surface area contributed by atoms with Gasteiger partial charge in [0.15, 0.2) is 0 Å². The molecular formula is C17H15N3O. The summed E-state index contributed by atoms with van der Waals surface area (Å²) in [6, 6.07) is 5.81. The van der Waals surface area contributed by atoms with E-state index in [4.69, 9.17) is 0 Å². The second kappa shape index (κ2) is 4.45. The fourth-order valence-electron chi connectivity index (χ4n) is 2.82. The molecule has 4 nitrogen and oxygen atoms in total. The second-order valence-electron chi connectivity index (χ2n) is 5.51. The van der Waals surface area contributed by atoms with Gasteiger partial charge in [-0.15, -0.1) is 0 Å². The summed E-state index contributed by atoms with van der Waals surface area (Å²) in [5, 5.41) is 0.687. The van der Waals surface area contributed by atoms with E-state index in [1.165, 1.54) is 11.1 Å². The van der Waals surface area contributed by atoms with Gasteiger partial charge in [0.1, 0.15) is 5.65 Å². The van der Waals surface area contributed by atoms with E-state index in [2.05, 4.69) is 29.0 Å². The van der Waals surface area contributed by atoms with Gasteiger partial charge in [-0.1, -0.05) is 17.7 Å². The monoisotopic (exact) mass is 277 g/mol. The van der Waals surface area contributed by atoms with Crippen LogP contribution in [0.15, 0.2) is 53.1 Å². The van der Waals surface area contributed by atoms with E-state index in [1.54, 1.807) is 16.8 Å². The molecule has 0 unspecified atom stereocenters. The van der Waals surface area contributed by atoms with Gasteiger partial charge in [-0.2, -0.15) is 0 Å². The van der Waals surface area contributed by atoms with Gasteiger partial charge in [-0.25, -0.2) is 4.98 Å². The number of fused-ring (bicyclic) bond motifs is 2. The molecule has 0 saturated carbocycles. The summed E-state index contributed by atoms with van der Waals surface area (Å²) in [7, 11) is 0. The summed E-state index contributed by atoms with van der Waals surface area (Å²) in [5.74, 6) is 0. The quantitative estimate of drug-likeness (QED) is 0.742. The number of hydrogen-bond donors (Lipinski definition) is 1. The number of pyridine rings is 2. The summed E-state index contributed by atoms with van der Waals surface area (Å²) in [6.45, 7) is 2.15. The minimum atomic E-state index is -0.0313. The standard InChI is InChI=1S/C17H15N3O/c1-11-2-4-12(5-3-11)14-7-6-13-15(19-14)10-16-18-8-9-20(16)17(13)21/h2,4,6-10,19H,3,5H2,1H3. The minimum Gasteiger partial charge on any atom is -0.355 e. The van der Waals surface area contributed by atoms with Crippen LogP contribution in [0.25, 0.3) is 22.1 Å². The zero-order valence-electron chi connectivity index (χ0n) is 11.8. The van der Waals surface area contributed by atoms with Gasteiger partial charge in [-0.3, -0.25) is 9.20 Å². The Kier molecular flexibility index (Phi) is 2.57. The molecule has 4 heteroatoms. The highest BCUT2D eigenvalue weighted by molar-refractivity contribution is 5.83. The highest BCUT2D eigenvalue weighted by Gasteiger charge is 2.10. The van der Waals surface area contributed by atoms with Crippen LogP contribution in [0.4, 0.5) is 0 Å². The van der Waals surface area contributed by atoms with Gasteiger partial charge < -0.3 is 4.98 Å². The van der Waals surface area contributed by atoms with Crippen LogP contribution in [0.3, 0.4) is 0 Å². The lowest BCUT2D eigenvalue weighted by atomic mass is 9.97. The predicted molar refractivity (Wildman–Crippen MR) is 84.3 cm³/mol. The molecule has 3 heterocycles. The lowest BCUT2D eigenvalue weighted by Gasteiger charge is -2.13. The molecule has 3 aromatic heterocycles. The number of nitrogens with zero attached hydrogens (tertiary/aromatic N) is 2. The predicted octanol–water partition coefficient (Wildman–Crippen LogP) is 3.30. The van der Waals surface area contributed by atoms with Gasteiger partial charge in [0.05, 0.1) is 10.9 Å². The van der Waals surface area contributed by atoms with Crippen LogP contribution in [-0.4, -0.2) is 14.4 Å². The summed E-state index contributed by atoms with van der Waals surface area (Å²) < 4.78 is 1.57. The molecule has 3 aromatic rings. The summed E-state index contributed by atoms with van der Waals surface area (Å²) in [6.07, 6.45) is 9.77. The van der Waals surface area contributed by atoms with Crippen molar-refractivity contribution in [2.24, 2.45) is 0 Å². The maximum absolute atomic E-state index is 12.4. The number of allylic oxidation sites excluding steroid dienone is 4. The van der Waals surface area contributed by atoms with E-state index >= 15 is 0 Å². The minimum absolute atomic E-state index is 0.0313. The molecular weight excluding hydrogens is 262 g/mol. The van der Waals surface area contributed by atoms with Crippen molar-refractivity contribution in [2.75, 3.05) is 0 Å². The Hall–Kier alpha value is -2.62. The van der Waals surface area contributed by atoms with Crippen LogP contribution >= 0.6 is 0 Å². The van der Waals surface area contributed by atoms with E-state index in [0.29, 0.717) is 11.0 Å². The summed E-state index contributed by atoms with van der Waals surface area (Å²) in [4.78, 5) is 19.9. The molecule has 1 aliphatic carbocycles. The highest BCUT2D eigenvalue weighted by Crippen LogP contribution is 2.26. The highest BCUT2D eigenvalue weighted by atomic mass is 16.1. The van der Waals surface area contributed by atoms with Gasteiger partial charge in [-0.05, 0) is 37.5 Å². The molecule has 1 N–H and O–H groups in total. The third-order valence-corrected chi connectivity index (χ3v) is 4.07. The summed E-state index contributed by atoms with van der Waals surface area (Å²) >= 11 is 0. The van der Waals surface area contributed by atoms with Crippen molar-refractivity contribution < 1.29 is 0 Å². The van der Waals surface area contributed by atoms with E-state index in [1.807, 2.05) is 18.2 Å². The fourth-order valence-corrected chi connectivity index (χ4v) is 2.82. The van der Waals surface area contributed by atoms with Crippen LogP contribution in [0.2, 0.25) is 0 Å². The van der Waals surface area contributed by atoms with Crippen molar-refractivity contribution >= 4 is 22.1 Å². The molecule has 0 aliphatic heterocycles. The van der Waals surface area contributed by atoms with Gasteiger partial charge in [0.25, 0.3) is 5.56 Å². The lowest BCUT2D eigenvalue weighted by molar-refractivity contribution is 0.970. The Morgan fingerprint density at radius 3 is 2.95 bits per heavy atom. The van der Waals surface area contributed by atoms with E-state index < -0.39 is 0 Å². The Labute approximate surface area is 121 Å². The Balaban J connectivity index is 1.94. The average molecular weight is 277 g/mol. The number of hydrogen-bond acceptors (Lipinski definition) is 2. The van der Waals surface area contributed by atoms with E-state index in [-0.39, 0.29) is 5.56 Å². The second-order valence-corrected chi connectivity index (χ2v) is 5.51. The Morgan fingerprint density at radius 1 is 1.24 bits per heavy atom. The van der Waals surface area contributed by atoms with E-state index in [0.717, 1.165) is 24.1 Å². The number of rotatable bonds is 1. The van der Waals surface area contributed by atoms with Crippen LogP contribution in [-0.2, 0) is 0 Å². The SMILES string of the molecule is CC1=CC=C(c2ccc3c(=O)n4ccnc4cc3[nH]2)CC1. The zero-order valence-corrected chi connectivity index (χ0v) is 11.8. The molecule has 0 radical (unpaired) electrons. The van der Waals surface area contributed by atoms with Crippen molar-refractivity contribution in [3.63, 3.8) is 0 Å². The third kappa shape index (κ3) is 1.91. The first-order valence-electron chi connectivity index (χ1n) is 7.08. The van der Waals surface area contributed by atoms with Crippen LogP contribution in [0.1, 0.15) is 25.5 Å². The van der Waals surface area contributed by atoms with Crippen LogP contribution in [0.5, 0.6) is 0 Å². The number of H-pyrrole nitrogens is 1. The van der Waals surface area contributed by atoms with Crippen molar-refractivity contribution in [1.29, 1.82) is 0 Å². The Morgan fingerprint density at radius 2 is 2.14 bits per heavy atom. The number of aromatic amines is 1. The zero-order chi connectivity index (χ0) is 14.4. The van der Waals surface area contributed by atoms with E-state index in [9.17, 15) is 4.79 Å². The number of nitrogens with one attached hydrogen (secondary N) is 1. The Bertz CT molecular complexity index is 973. The van der Waals surface area contributed by atoms with Gasteiger partial charge >= 0.3 is 0 Å². The molecule has 0 saturated heterocycles.